The third-order valence-electron chi connectivity index (χ3n) is 3.37. The van der Waals surface area contributed by atoms with Crippen LogP contribution in [-0.2, 0) is 11.2 Å². The van der Waals surface area contributed by atoms with Gasteiger partial charge in [-0.1, -0.05) is 24.3 Å². The van der Waals surface area contributed by atoms with E-state index in [4.69, 9.17) is 4.74 Å². The van der Waals surface area contributed by atoms with Crippen molar-refractivity contribution in [3.63, 3.8) is 0 Å². The van der Waals surface area contributed by atoms with Gasteiger partial charge in [0.2, 0.25) is 5.91 Å². The quantitative estimate of drug-likeness (QED) is 0.516. The fraction of sp³-hybridized carbons (Fsp3) is 0.222. The normalized spacial score (nSPS) is 10.1. The summed E-state index contributed by atoms with van der Waals surface area (Å²) in [6.45, 7) is 0.780. The van der Waals surface area contributed by atoms with Gasteiger partial charge in [0.05, 0.1) is 19.1 Å². The lowest BCUT2D eigenvalue weighted by Crippen LogP contribution is -2.35. The molecule has 0 aliphatic rings. The van der Waals surface area contributed by atoms with Gasteiger partial charge in [-0.05, 0) is 52.4 Å². The first-order valence-electron chi connectivity index (χ1n) is 7.52. The number of nitrogens with one attached hydrogen (secondary N) is 2. The zero-order valence-corrected chi connectivity index (χ0v) is 15.5. The SMILES string of the molecule is COc1ccc(CC(=O)NCCNC(=O)c2ccccc2I)cc1. The summed E-state index contributed by atoms with van der Waals surface area (Å²) in [4.78, 5) is 23.9. The van der Waals surface area contributed by atoms with E-state index in [1.807, 2.05) is 42.5 Å². The molecule has 5 nitrogen and oxygen atoms in total. The lowest BCUT2D eigenvalue weighted by molar-refractivity contribution is -0.120. The molecule has 24 heavy (non-hydrogen) atoms. The molecule has 0 fully saturated rings. The summed E-state index contributed by atoms with van der Waals surface area (Å²) in [6.07, 6.45) is 0.300. The maximum atomic E-state index is 12.0. The third kappa shape index (κ3) is 5.52. The minimum absolute atomic E-state index is 0.0799. The summed E-state index contributed by atoms with van der Waals surface area (Å²) >= 11 is 2.13. The number of carbonyl (C=O) groups is 2. The second kappa shape index (κ2) is 9.27. The largest absolute Gasteiger partial charge is 0.497 e. The maximum Gasteiger partial charge on any atom is 0.252 e. The van der Waals surface area contributed by atoms with Crippen molar-refractivity contribution in [1.29, 1.82) is 0 Å². The first-order valence-corrected chi connectivity index (χ1v) is 8.60. The summed E-state index contributed by atoms with van der Waals surface area (Å²) < 4.78 is 5.98. The number of hydrogen-bond donors (Lipinski definition) is 2. The number of halogens is 1. The van der Waals surface area contributed by atoms with Gasteiger partial charge in [-0.3, -0.25) is 9.59 Å². The molecule has 0 saturated carbocycles. The molecular weight excluding hydrogens is 419 g/mol. The van der Waals surface area contributed by atoms with Gasteiger partial charge in [0, 0.05) is 16.7 Å². The lowest BCUT2D eigenvalue weighted by Gasteiger charge is -2.08. The van der Waals surface area contributed by atoms with Crippen LogP contribution in [0.25, 0.3) is 0 Å². The van der Waals surface area contributed by atoms with Crippen LogP contribution in [0, 0.1) is 3.57 Å². The van der Waals surface area contributed by atoms with Crippen LogP contribution in [0.3, 0.4) is 0 Å². The lowest BCUT2D eigenvalue weighted by atomic mass is 10.1. The smallest absolute Gasteiger partial charge is 0.252 e. The van der Waals surface area contributed by atoms with E-state index >= 15 is 0 Å². The second-order valence-corrected chi connectivity index (χ2v) is 6.27. The molecule has 0 spiro atoms. The van der Waals surface area contributed by atoms with Crippen molar-refractivity contribution >= 4 is 34.4 Å². The molecule has 2 aromatic rings. The summed E-state index contributed by atoms with van der Waals surface area (Å²) in [5, 5.41) is 5.59. The van der Waals surface area contributed by atoms with Crippen molar-refractivity contribution < 1.29 is 14.3 Å². The number of methoxy groups -OCH3 is 1. The fourth-order valence-electron chi connectivity index (χ4n) is 2.11. The molecule has 2 N–H and O–H groups in total. The highest BCUT2D eigenvalue weighted by molar-refractivity contribution is 14.1. The molecule has 2 rings (SSSR count). The summed E-state index contributed by atoms with van der Waals surface area (Å²) in [6, 6.07) is 14.7. The van der Waals surface area contributed by atoms with Crippen LogP contribution in [0.2, 0.25) is 0 Å². The number of ether oxygens (including phenoxy) is 1. The minimum atomic E-state index is -0.135. The van der Waals surface area contributed by atoms with Crippen LogP contribution < -0.4 is 15.4 Å². The Morgan fingerprint density at radius 3 is 2.33 bits per heavy atom. The van der Waals surface area contributed by atoms with Gasteiger partial charge in [-0.2, -0.15) is 0 Å². The Balaban J connectivity index is 1.70. The van der Waals surface area contributed by atoms with Gasteiger partial charge in [0.1, 0.15) is 5.75 Å². The summed E-state index contributed by atoms with van der Waals surface area (Å²) in [5.74, 6) is 0.547. The minimum Gasteiger partial charge on any atom is -0.497 e. The Bertz CT molecular complexity index is 702. The van der Waals surface area contributed by atoms with Crippen molar-refractivity contribution in [2.45, 2.75) is 6.42 Å². The van der Waals surface area contributed by atoms with Gasteiger partial charge in [-0.25, -0.2) is 0 Å². The predicted octanol–water partition coefficient (Wildman–Crippen LogP) is 2.39. The highest BCUT2D eigenvalue weighted by Gasteiger charge is 2.08. The Morgan fingerprint density at radius 2 is 1.67 bits per heavy atom. The highest BCUT2D eigenvalue weighted by atomic mass is 127. The van der Waals surface area contributed by atoms with Crippen molar-refractivity contribution in [2.24, 2.45) is 0 Å². The van der Waals surface area contributed by atoms with E-state index < -0.39 is 0 Å². The molecule has 0 bridgehead atoms. The van der Waals surface area contributed by atoms with Crippen molar-refractivity contribution in [3.05, 3.63) is 63.2 Å². The van der Waals surface area contributed by atoms with Gasteiger partial charge in [0.15, 0.2) is 0 Å². The molecule has 0 aliphatic heterocycles. The molecule has 0 radical (unpaired) electrons. The first-order chi connectivity index (χ1) is 11.6. The molecule has 2 amide bonds. The molecule has 126 valence electrons. The number of benzene rings is 2. The third-order valence-corrected chi connectivity index (χ3v) is 4.32. The van der Waals surface area contributed by atoms with Crippen LogP contribution in [0.1, 0.15) is 15.9 Å². The van der Waals surface area contributed by atoms with Crippen LogP contribution in [0.15, 0.2) is 48.5 Å². The average molecular weight is 438 g/mol. The summed E-state index contributed by atoms with van der Waals surface area (Å²) in [5.41, 5.74) is 1.55. The van der Waals surface area contributed by atoms with E-state index in [0.29, 0.717) is 25.1 Å². The second-order valence-electron chi connectivity index (χ2n) is 5.11. The van der Waals surface area contributed by atoms with Gasteiger partial charge < -0.3 is 15.4 Å². The van der Waals surface area contributed by atoms with Gasteiger partial charge in [0.25, 0.3) is 5.91 Å². The fourth-order valence-corrected chi connectivity index (χ4v) is 2.74. The molecular formula is C18H19IN2O3. The Kier molecular flexibility index (Phi) is 7.05. The van der Waals surface area contributed by atoms with E-state index in [1.54, 1.807) is 13.2 Å². The molecule has 0 aliphatic carbocycles. The maximum absolute atomic E-state index is 12.0. The number of amides is 2. The number of rotatable bonds is 7. The van der Waals surface area contributed by atoms with Crippen LogP contribution >= 0.6 is 22.6 Å². The standard InChI is InChI=1S/C18H19IN2O3/c1-24-14-8-6-13(7-9-14)12-17(22)20-10-11-21-18(23)15-4-2-3-5-16(15)19/h2-9H,10-12H2,1H3,(H,20,22)(H,21,23). The van der Waals surface area contributed by atoms with E-state index in [0.717, 1.165) is 14.9 Å². The van der Waals surface area contributed by atoms with E-state index in [2.05, 4.69) is 33.2 Å². The van der Waals surface area contributed by atoms with Crippen molar-refractivity contribution in [2.75, 3.05) is 20.2 Å². The molecule has 0 heterocycles. The Hall–Kier alpha value is -2.09. The van der Waals surface area contributed by atoms with E-state index in [9.17, 15) is 9.59 Å². The molecule has 0 saturated heterocycles. The monoisotopic (exact) mass is 438 g/mol. The van der Waals surface area contributed by atoms with Crippen LogP contribution in [0.5, 0.6) is 5.75 Å². The zero-order valence-electron chi connectivity index (χ0n) is 13.3. The zero-order chi connectivity index (χ0) is 17.4. The average Bonchev–Trinajstić information content (AvgIpc) is 2.59. The molecule has 2 aromatic carbocycles. The first kappa shape index (κ1) is 18.3. The van der Waals surface area contributed by atoms with E-state index in [-0.39, 0.29) is 11.8 Å². The molecule has 0 unspecified atom stereocenters. The molecule has 6 heteroatoms. The predicted molar refractivity (Wildman–Crippen MR) is 101 cm³/mol. The Morgan fingerprint density at radius 1 is 1.00 bits per heavy atom. The molecule has 0 atom stereocenters. The van der Waals surface area contributed by atoms with Crippen molar-refractivity contribution in [1.82, 2.24) is 10.6 Å². The van der Waals surface area contributed by atoms with Crippen molar-refractivity contribution in [3.8, 4) is 5.75 Å². The topological polar surface area (TPSA) is 67.4 Å². The van der Waals surface area contributed by atoms with Gasteiger partial charge >= 0.3 is 0 Å². The van der Waals surface area contributed by atoms with Crippen LogP contribution in [0.4, 0.5) is 0 Å². The number of carbonyl (C=O) groups excluding carboxylic acids is 2. The Labute approximate surface area is 154 Å². The molecule has 0 aromatic heterocycles. The number of hydrogen-bond acceptors (Lipinski definition) is 3. The van der Waals surface area contributed by atoms with Gasteiger partial charge in [-0.15, -0.1) is 0 Å². The highest BCUT2D eigenvalue weighted by Crippen LogP contribution is 2.12. The van der Waals surface area contributed by atoms with E-state index in [1.165, 1.54) is 0 Å². The summed E-state index contributed by atoms with van der Waals surface area (Å²) in [7, 11) is 1.60. The van der Waals surface area contributed by atoms with Crippen LogP contribution in [-0.4, -0.2) is 32.0 Å².